The molecule has 1 aromatic carbocycles. The molecule has 0 amide bonds. The summed E-state index contributed by atoms with van der Waals surface area (Å²) in [4.78, 5) is 0. The van der Waals surface area contributed by atoms with Gasteiger partial charge in [-0.25, -0.2) is 0 Å². The van der Waals surface area contributed by atoms with Crippen molar-refractivity contribution >= 4 is 10.8 Å². The lowest BCUT2D eigenvalue weighted by Crippen LogP contribution is -2.47. The van der Waals surface area contributed by atoms with Crippen LogP contribution in [0.25, 0.3) is 0 Å². The Labute approximate surface area is 244 Å². The number of phenols is 1. The molecule has 9 heteroatoms. The van der Waals surface area contributed by atoms with E-state index in [1.165, 1.54) is 11.1 Å². The smallest absolute Gasteiger partial charge is 0.453 e. The molecule has 0 spiro atoms. The SMILES string of the molecule is C[C@@]12CC[C@@H]3c4ccc(O)cc4C[C@@H](CCCCCCCCC[S@@](=O)CCCC(F)(F)C(F)(F)F)[C@H]3[C@@H]1CC[C@@H]2O. The van der Waals surface area contributed by atoms with E-state index < -0.39 is 35.7 Å². The fraction of sp³-hybridized carbons (Fsp3) is 0.812. The summed E-state index contributed by atoms with van der Waals surface area (Å²) in [5.41, 5.74) is 2.73. The number of halogens is 5. The van der Waals surface area contributed by atoms with Crippen molar-refractivity contribution in [1.29, 1.82) is 0 Å². The first-order valence-electron chi connectivity index (χ1n) is 15.6. The van der Waals surface area contributed by atoms with Gasteiger partial charge in [0, 0.05) is 28.7 Å². The Hall–Kier alpha value is -1.22. The number of hydrogen-bond donors (Lipinski definition) is 2. The van der Waals surface area contributed by atoms with Gasteiger partial charge in [-0.05, 0) is 104 Å². The van der Waals surface area contributed by atoms with Crippen LogP contribution in [0.3, 0.4) is 0 Å². The lowest BCUT2D eigenvalue weighted by Gasteiger charge is -2.53. The molecule has 0 aromatic heterocycles. The van der Waals surface area contributed by atoms with Crippen molar-refractivity contribution < 1.29 is 36.4 Å². The van der Waals surface area contributed by atoms with Crippen LogP contribution in [0.5, 0.6) is 5.75 Å². The minimum Gasteiger partial charge on any atom is -0.508 e. The standard InChI is InChI=1S/C32H47F5O3S/c1-30-17-15-26-25-12-11-24(38)21-23(25)20-22(29(26)27(30)13-14-28(30)39)10-7-5-3-2-4-6-8-18-41(40)19-9-16-31(33,34)32(35,36)37/h11-12,21-22,26-29,38-39H,2-10,13-20H2,1H3/t22-,26-,27+,28+,29-,30-,41-/m1/s1. The first kappa shape index (κ1) is 32.7. The van der Waals surface area contributed by atoms with Crippen LogP contribution in [-0.4, -0.2) is 44.1 Å². The first-order valence-corrected chi connectivity index (χ1v) is 17.1. The second-order valence-electron chi connectivity index (χ2n) is 13.2. The number of benzene rings is 1. The third-order valence-corrected chi connectivity index (χ3v) is 12.0. The summed E-state index contributed by atoms with van der Waals surface area (Å²) in [6.07, 6.45) is 5.97. The van der Waals surface area contributed by atoms with Crippen LogP contribution < -0.4 is 0 Å². The summed E-state index contributed by atoms with van der Waals surface area (Å²) in [5, 5.41) is 21.0. The van der Waals surface area contributed by atoms with Crippen molar-refractivity contribution in [1.82, 2.24) is 0 Å². The van der Waals surface area contributed by atoms with Gasteiger partial charge >= 0.3 is 12.1 Å². The van der Waals surface area contributed by atoms with Crippen molar-refractivity contribution in [3.05, 3.63) is 29.3 Å². The maximum absolute atomic E-state index is 13.0. The van der Waals surface area contributed by atoms with Crippen molar-refractivity contribution in [2.75, 3.05) is 11.5 Å². The first-order chi connectivity index (χ1) is 19.3. The van der Waals surface area contributed by atoms with Gasteiger partial charge in [0.2, 0.25) is 0 Å². The number of hydrogen-bond acceptors (Lipinski definition) is 3. The van der Waals surface area contributed by atoms with Gasteiger partial charge in [-0.2, -0.15) is 22.0 Å². The maximum Gasteiger partial charge on any atom is 0.453 e. The zero-order valence-electron chi connectivity index (χ0n) is 24.2. The Morgan fingerprint density at radius 2 is 1.59 bits per heavy atom. The largest absolute Gasteiger partial charge is 0.508 e. The van der Waals surface area contributed by atoms with E-state index in [1.807, 2.05) is 12.1 Å². The minimum absolute atomic E-state index is 0.0195. The number of fused-ring (bicyclic) bond motifs is 5. The highest BCUT2D eigenvalue weighted by Gasteiger charge is 2.57. The summed E-state index contributed by atoms with van der Waals surface area (Å²) < 4.78 is 74.5. The second kappa shape index (κ2) is 13.6. The van der Waals surface area contributed by atoms with Gasteiger partial charge in [0.25, 0.3) is 0 Å². The van der Waals surface area contributed by atoms with Crippen molar-refractivity contribution in [2.24, 2.45) is 23.2 Å². The number of rotatable bonds is 14. The monoisotopic (exact) mass is 606 g/mol. The number of aliphatic hydroxyl groups is 1. The fourth-order valence-corrected chi connectivity index (χ4v) is 9.48. The van der Waals surface area contributed by atoms with E-state index in [1.54, 1.807) is 0 Å². The summed E-state index contributed by atoms with van der Waals surface area (Å²) in [7, 11) is -1.35. The molecule has 2 fully saturated rings. The minimum atomic E-state index is -5.54. The van der Waals surface area contributed by atoms with Crippen LogP contribution in [-0.2, 0) is 17.2 Å². The molecule has 0 radical (unpaired) electrons. The molecule has 2 N–H and O–H groups in total. The third kappa shape index (κ3) is 7.66. The predicted octanol–water partition coefficient (Wildman–Crippen LogP) is 8.68. The molecular formula is C32H47F5O3S. The molecule has 3 nitrogen and oxygen atoms in total. The highest BCUT2D eigenvalue weighted by atomic mass is 32.2. The quantitative estimate of drug-likeness (QED) is 0.165. The summed E-state index contributed by atoms with van der Waals surface area (Å²) in [6, 6.07) is 5.92. The molecule has 41 heavy (non-hydrogen) atoms. The molecule has 3 aliphatic carbocycles. The molecule has 0 aliphatic heterocycles. The third-order valence-electron chi connectivity index (χ3n) is 10.6. The molecule has 1 aromatic rings. The topological polar surface area (TPSA) is 57.5 Å². The molecule has 0 heterocycles. The molecule has 7 atom stereocenters. The Kier molecular flexibility index (Phi) is 10.8. The number of aromatic hydroxyl groups is 1. The van der Waals surface area contributed by atoms with E-state index in [0.29, 0.717) is 41.6 Å². The maximum atomic E-state index is 13.0. The molecule has 2 saturated carbocycles. The van der Waals surface area contributed by atoms with E-state index in [4.69, 9.17) is 0 Å². The van der Waals surface area contributed by atoms with Crippen molar-refractivity contribution in [3.63, 3.8) is 0 Å². The molecule has 0 saturated heterocycles. The highest BCUT2D eigenvalue weighted by molar-refractivity contribution is 7.84. The van der Waals surface area contributed by atoms with E-state index >= 15 is 0 Å². The van der Waals surface area contributed by atoms with Crippen molar-refractivity contribution in [3.8, 4) is 5.75 Å². The normalized spacial score (nSPS) is 30.5. The van der Waals surface area contributed by atoms with E-state index in [9.17, 15) is 36.4 Å². The van der Waals surface area contributed by atoms with Crippen LogP contribution in [0.1, 0.15) is 114 Å². The highest BCUT2D eigenvalue weighted by Crippen LogP contribution is 2.62. The van der Waals surface area contributed by atoms with Gasteiger partial charge < -0.3 is 10.2 Å². The summed E-state index contributed by atoms with van der Waals surface area (Å²) in [5.74, 6) is -1.91. The molecule has 0 unspecified atom stereocenters. The fourth-order valence-electron chi connectivity index (χ4n) is 8.28. The van der Waals surface area contributed by atoms with Crippen molar-refractivity contribution in [2.45, 2.75) is 127 Å². The molecule has 234 valence electrons. The van der Waals surface area contributed by atoms with E-state index in [2.05, 4.69) is 13.0 Å². The average molecular weight is 607 g/mol. The second-order valence-corrected chi connectivity index (χ2v) is 14.9. The molecule has 4 rings (SSSR count). The number of aliphatic hydroxyl groups excluding tert-OH is 1. The molecule has 3 aliphatic rings. The Morgan fingerprint density at radius 3 is 2.29 bits per heavy atom. The Bertz CT molecular complexity index is 1030. The molecular weight excluding hydrogens is 559 g/mol. The zero-order chi connectivity index (χ0) is 29.8. The van der Waals surface area contributed by atoms with Crippen LogP contribution in [0.15, 0.2) is 18.2 Å². The van der Waals surface area contributed by atoms with E-state index in [-0.39, 0.29) is 17.3 Å². The van der Waals surface area contributed by atoms with Crippen LogP contribution in [0.4, 0.5) is 22.0 Å². The van der Waals surface area contributed by atoms with Crippen LogP contribution in [0, 0.1) is 23.2 Å². The summed E-state index contributed by atoms with van der Waals surface area (Å²) in [6.45, 7) is 2.30. The van der Waals surface area contributed by atoms with Gasteiger partial charge in [0.15, 0.2) is 0 Å². The van der Waals surface area contributed by atoms with Gasteiger partial charge in [0.05, 0.1) is 6.10 Å². The number of phenolic OH excluding ortho intramolecular Hbond substituents is 1. The lowest BCUT2D eigenvalue weighted by atomic mass is 9.52. The number of unbranched alkanes of at least 4 members (excludes halogenated alkanes) is 6. The van der Waals surface area contributed by atoms with Gasteiger partial charge in [-0.1, -0.05) is 51.5 Å². The Balaban J connectivity index is 1.15. The van der Waals surface area contributed by atoms with Gasteiger partial charge in [-0.3, -0.25) is 4.21 Å². The lowest BCUT2D eigenvalue weighted by molar-refractivity contribution is -0.284. The van der Waals surface area contributed by atoms with Crippen LogP contribution >= 0.6 is 0 Å². The summed E-state index contributed by atoms with van der Waals surface area (Å²) >= 11 is 0. The molecule has 0 bridgehead atoms. The van der Waals surface area contributed by atoms with E-state index in [0.717, 1.165) is 77.0 Å². The van der Waals surface area contributed by atoms with Gasteiger partial charge in [-0.15, -0.1) is 0 Å². The average Bonchev–Trinajstić information content (AvgIpc) is 3.20. The Morgan fingerprint density at radius 1 is 0.927 bits per heavy atom. The number of alkyl halides is 5. The van der Waals surface area contributed by atoms with Gasteiger partial charge in [0.1, 0.15) is 5.75 Å². The zero-order valence-corrected chi connectivity index (χ0v) is 25.1. The van der Waals surface area contributed by atoms with Crippen LogP contribution in [0.2, 0.25) is 0 Å². The predicted molar refractivity (Wildman–Crippen MR) is 153 cm³/mol.